The first-order valence-electron chi connectivity index (χ1n) is 6.16. The minimum atomic E-state index is -0.0736. The molecule has 0 amide bonds. The van der Waals surface area contributed by atoms with Gasteiger partial charge in [-0.1, -0.05) is 15.9 Å². The van der Waals surface area contributed by atoms with Crippen molar-refractivity contribution in [1.29, 1.82) is 0 Å². The summed E-state index contributed by atoms with van der Waals surface area (Å²) < 4.78 is 11.7. The first-order valence-corrected chi connectivity index (χ1v) is 6.96. The minimum absolute atomic E-state index is 0.0736. The number of fused-ring (bicyclic) bond motifs is 1. The average Bonchev–Trinajstić information content (AvgIpc) is 2.75. The van der Waals surface area contributed by atoms with Crippen LogP contribution in [0.1, 0.15) is 24.8 Å². The summed E-state index contributed by atoms with van der Waals surface area (Å²) in [4.78, 5) is 0. The molecule has 18 heavy (non-hydrogen) atoms. The molecular formula is C13H16BrNO3. The van der Waals surface area contributed by atoms with Crippen LogP contribution in [0, 0.1) is 0 Å². The van der Waals surface area contributed by atoms with Crippen LogP contribution >= 0.6 is 15.9 Å². The number of aliphatic hydroxyl groups is 1. The predicted octanol–water partition coefficient (Wildman–Crippen LogP) is 2.18. The summed E-state index contributed by atoms with van der Waals surface area (Å²) in [6.07, 6.45) is 3.28. The molecule has 1 saturated carbocycles. The highest BCUT2D eigenvalue weighted by Crippen LogP contribution is 2.38. The Morgan fingerprint density at radius 2 is 2.00 bits per heavy atom. The zero-order chi connectivity index (χ0) is 12.6. The van der Waals surface area contributed by atoms with Crippen LogP contribution in [0.5, 0.6) is 11.5 Å². The van der Waals surface area contributed by atoms with E-state index in [1.807, 2.05) is 12.1 Å². The number of ether oxygens (including phenoxy) is 2. The van der Waals surface area contributed by atoms with E-state index in [9.17, 15) is 5.11 Å². The van der Waals surface area contributed by atoms with Gasteiger partial charge in [0.25, 0.3) is 0 Å². The highest BCUT2D eigenvalue weighted by Gasteiger charge is 2.35. The molecule has 0 spiro atoms. The van der Waals surface area contributed by atoms with Gasteiger partial charge in [-0.2, -0.15) is 0 Å². The Morgan fingerprint density at radius 3 is 2.61 bits per heavy atom. The van der Waals surface area contributed by atoms with Crippen molar-refractivity contribution < 1.29 is 14.6 Å². The maximum Gasteiger partial charge on any atom is 0.231 e. The highest BCUT2D eigenvalue weighted by molar-refractivity contribution is 9.10. The topological polar surface area (TPSA) is 50.7 Å². The number of nitrogens with one attached hydrogen (secondary N) is 1. The third-order valence-electron chi connectivity index (χ3n) is 3.81. The molecule has 1 heterocycles. The zero-order valence-electron chi connectivity index (χ0n) is 10.0. The SMILES string of the molecule is OCC1(NCc2cc3c(cc2Br)OCO3)CCC1. The molecule has 0 bridgehead atoms. The smallest absolute Gasteiger partial charge is 0.231 e. The van der Waals surface area contributed by atoms with Gasteiger partial charge in [0.15, 0.2) is 11.5 Å². The predicted molar refractivity (Wildman–Crippen MR) is 70.8 cm³/mol. The summed E-state index contributed by atoms with van der Waals surface area (Å²) in [7, 11) is 0. The second kappa shape index (κ2) is 4.72. The largest absolute Gasteiger partial charge is 0.454 e. The molecule has 1 aromatic rings. The van der Waals surface area contributed by atoms with Gasteiger partial charge in [-0.15, -0.1) is 0 Å². The summed E-state index contributed by atoms with van der Waals surface area (Å²) in [6, 6.07) is 3.93. The maximum absolute atomic E-state index is 9.42. The number of hydrogen-bond donors (Lipinski definition) is 2. The molecule has 4 nitrogen and oxygen atoms in total. The van der Waals surface area contributed by atoms with Crippen molar-refractivity contribution in [1.82, 2.24) is 5.32 Å². The van der Waals surface area contributed by atoms with Crippen LogP contribution in [-0.2, 0) is 6.54 Å². The molecule has 1 fully saturated rings. The summed E-state index contributed by atoms with van der Waals surface area (Å²) in [5.41, 5.74) is 1.05. The second-order valence-corrected chi connectivity index (χ2v) is 5.80. The lowest BCUT2D eigenvalue weighted by Gasteiger charge is -2.41. The molecule has 0 radical (unpaired) electrons. The van der Waals surface area contributed by atoms with Crippen LogP contribution < -0.4 is 14.8 Å². The monoisotopic (exact) mass is 313 g/mol. The van der Waals surface area contributed by atoms with Crippen LogP contribution in [-0.4, -0.2) is 24.0 Å². The third kappa shape index (κ3) is 2.11. The van der Waals surface area contributed by atoms with Crippen LogP contribution in [0.3, 0.4) is 0 Å². The summed E-state index contributed by atoms with van der Waals surface area (Å²) >= 11 is 3.54. The molecule has 1 aliphatic carbocycles. The van der Waals surface area contributed by atoms with E-state index in [0.717, 1.165) is 40.9 Å². The van der Waals surface area contributed by atoms with E-state index >= 15 is 0 Å². The van der Waals surface area contributed by atoms with E-state index in [-0.39, 0.29) is 12.1 Å². The normalized spacial score (nSPS) is 19.7. The van der Waals surface area contributed by atoms with Gasteiger partial charge in [0.05, 0.1) is 6.61 Å². The number of rotatable bonds is 4. The average molecular weight is 314 g/mol. The van der Waals surface area contributed by atoms with Crippen molar-refractivity contribution in [2.75, 3.05) is 13.4 Å². The molecule has 98 valence electrons. The van der Waals surface area contributed by atoms with E-state index in [1.165, 1.54) is 6.42 Å². The van der Waals surface area contributed by atoms with Crippen molar-refractivity contribution in [2.45, 2.75) is 31.3 Å². The molecular weight excluding hydrogens is 298 g/mol. The van der Waals surface area contributed by atoms with E-state index in [0.29, 0.717) is 6.79 Å². The Hall–Kier alpha value is -0.780. The Bertz CT molecular complexity index is 454. The molecule has 1 aliphatic heterocycles. The number of benzene rings is 1. The molecule has 0 atom stereocenters. The molecule has 5 heteroatoms. The number of aliphatic hydroxyl groups excluding tert-OH is 1. The lowest BCUT2D eigenvalue weighted by Crippen LogP contribution is -2.53. The van der Waals surface area contributed by atoms with Gasteiger partial charge in [0, 0.05) is 16.6 Å². The first-order chi connectivity index (χ1) is 8.72. The van der Waals surface area contributed by atoms with E-state index in [1.54, 1.807) is 0 Å². The summed E-state index contributed by atoms with van der Waals surface area (Å²) in [5.74, 6) is 1.58. The Labute approximate surface area is 114 Å². The van der Waals surface area contributed by atoms with Crippen molar-refractivity contribution >= 4 is 15.9 Å². The second-order valence-electron chi connectivity index (χ2n) is 4.94. The minimum Gasteiger partial charge on any atom is -0.454 e. The summed E-state index contributed by atoms with van der Waals surface area (Å²) in [5, 5.41) is 12.9. The van der Waals surface area contributed by atoms with Crippen molar-refractivity contribution in [2.24, 2.45) is 0 Å². The Morgan fingerprint density at radius 1 is 1.28 bits per heavy atom. The van der Waals surface area contributed by atoms with Gasteiger partial charge in [0.2, 0.25) is 6.79 Å². The van der Waals surface area contributed by atoms with Gasteiger partial charge in [-0.05, 0) is 37.0 Å². The highest BCUT2D eigenvalue weighted by atomic mass is 79.9. The van der Waals surface area contributed by atoms with Gasteiger partial charge in [0.1, 0.15) is 0 Å². The standard InChI is InChI=1S/C13H16BrNO3/c14-10-5-12-11(17-8-18-12)4-9(10)6-15-13(7-16)2-1-3-13/h4-5,15-16H,1-3,6-8H2. The fourth-order valence-electron chi connectivity index (χ4n) is 2.37. The van der Waals surface area contributed by atoms with Gasteiger partial charge in [-0.3, -0.25) is 0 Å². The van der Waals surface area contributed by atoms with Crippen LogP contribution in [0.4, 0.5) is 0 Å². The molecule has 3 rings (SSSR count). The molecule has 1 aromatic carbocycles. The third-order valence-corrected chi connectivity index (χ3v) is 4.55. The number of hydrogen-bond acceptors (Lipinski definition) is 4. The molecule has 0 aromatic heterocycles. The number of halogens is 1. The van der Waals surface area contributed by atoms with Crippen LogP contribution in [0.2, 0.25) is 0 Å². The molecule has 2 aliphatic rings. The fourth-order valence-corrected chi connectivity index (χ4v) is 2.83. The lowest BCUT2D eigenvalue weighted by molar-refractivity contribution is 0.0871. The van der Waals surface area contributed by atoms with Crippen molar-refractivity contribution in [3.05, 3.63) is 22.2 Å². The summed E-state index contributed by atoms with van der Waals surface area (Å²) in [6.45, 7) is 1.21. The molecule has 0 saturated heterocycles. The van der Waals surface area contributed by atoms with Crippen LogP contribution in [0.15, 0.2) is 16.6 Å². The fraction of sp³-hybridized carbons (Fsp3) is 0.538. The lowest BCUT2D eigenvalue weighted by atomic mass is 9.77. The van der Waals surface area contributed by atoms with Gasteiger partial charge < -0.3 is 19.9 Å². The quantitative estimate of drug-likeness (QED) is 0.894. The van der Waals surface area contributed by atoms with Crippen molar-refractivity contribution in [3.63, 3.8) is 0 Å². The van der Waals surface area contributed by atoms with E-state index < -0.39 is 0 Å². The van der Waals surface area contributed by atoms with E-state index in [4.69, 9.17) is 9.47 Å². The van der Waals surface area contributed by atoms with E-state index in [2.05, 4.69) is 21.2 Å². The van der Waals surface area contributed by atoms with Gasteiger partial charge >= 0.3 is 0 Å². The first kappa shape index (κ1) is 12.3. The Kier molecular flexibility index (Phi) is 3.21. The molecule has 0 unspecified atom stereocenters. The zero-order valence-corrected chi connectivity index (χ0v) is 11.6. The molecule has 2 N–H and O–H groups in total. The van der Waals surface area contributed by atoms with Crippen molar-refractivity contribution in [3.8, 4) is 11.5 Å². The van der Waals surface area contributed by atoms with Crippen LogP contribution in [0.25, 0.3) is 0 Å². The Balaban J connectivity index is 1.73. The maximum atomic E-state index is 9.42. The van der Waals surface area contributed by atoms with Gasteiger partial charge in [-0.25, -0.2) is 0 Å².